The number of likely N-dealkylation sites (tertiary alicyclic amines) is 1. The summed E-state index contributed by atoms with van der Waals surface area (Å²) >= 11 is 0. The van der Waals surface area contributed by atoms with Gasteiger partial charge >= 0.3 is 5.97 Å². The van der Waals surface area contributed by atoms with Gasteiger partial charge in [-0.3, -0.25) is 48.1 Å². The number of aromatic nitrogens is 4. The molecule has 0 radical (unpaired) electrons. The van der Waals surface area contributed by atoms with E-state index >= 15 is 0 Å². The maximum absolute atomic E-state index is 14.4. The first-order valence-corrected chi connectivity index (χ1v) is 23.1. The number of rotatable bonds is 30. The number of aliphatic hydroxyl groups is 1. The lowest BCUT2D eigenvalue weighted by atomic mass is 10.0. The van der Waals surface area contributed by atoms with Gasteiger partial charge in [-0.1, -0.05) is 30.3 Å². The number of nitrogens with zero attached hydrogens (tertiary/aromatic N) is 4. The molecule has 0 spiro atoms. The summed E-state index contributed by atoms with van der Waals surface area (Å²) in [6.07, 6.45) is 4.53. The largest absolute Gasteiger partial charge is 0.480 e. The minimum atomic E-state index is -1.61. The summed E-state index contributed by atoms with van der Waals surface area (Å²) in [7, 11) is 0. The van der Waals surface area contributed by atoms with Gasteiger partial charge in [-0.15, -0.1) is 0 Å². The number of hydrogen-bond donors (Lipinski definition) is 15. The molecule has 7 atom stereocenters. The number of amides is 9. The Morgan fingerprint density at radius 3 is 1.82 bits per heavy atom. The molecule has 1 aliphatic heterocycles. The van der Waals surface area contributed by atoms with Crippen molar-refractivity contribution in [3.63, 3.8) is 0 Å². The molecule has 1 fully saturated rings. The first kappa shape index (κ1) is 57.1. The molecular weight excluding hydrogens is 959 g/mol. The third kappa shape index (κ3) is 19.0. The summed E-state index contributed by atoms with van der Waals surface area (Å²) in [6.45, 7) is -1.82. The number of carbonyl (C=O) groups excluding carboxylic acids is 9. The van der Waals surface area contributed by atoms with E-state index in [4.69, 9.17) is 22.9 Å². The van der Waals surface area contributed by atoms with E-state index in [1.54, 1.807) is 30.3 Å². The average molecular weight is 1020 g/mol. The smallest absolute Gasteiger partial charge is 0.326 e. The van der Waals surface area contributed by atoms with Crippen LogP contribution in [0.25, 0.3) is 0 Å². The number of nitrogens with two attached hydrogens (primary N) is 4. The van der Waals surface area contributed by atoms with Crippen LogP contribution in [0.4, 0.5) is 0 Å². The molecular formula is C44H63N17O12. The van der Waals surface area contributed by atoms with Crippen molar-refractivity contribution in [2.75, 3.05) is 32.8 Å². The first-order valence-electron chi connectivity index (χ1n) is 23.1. The zero-order chi connectivity index (χ0) is 53.5. The highest BCUT2D eigenvalue weighted by Gasteiger charge is 2.40. The number of aromatic amines is 2. The first-order chi connectivity index (χ1) is 34.9. The highest BCUT2D eigenvalue weighted by atomic mass is 16.4. The van der Waals surface area contributed by atoms with Gasteiger partial charge in [-0.2, -0.15) is 0 Å². The van der Waals surface area contributed by atoms with Gasteiger partial charge in [-0.05, 0) is 37.7 Å². The number of H-pyrrole nitrogens is 2. The summed E-state index contributed by atoms with van der Waals surface area (Å²) < 4.78 is 0. The van der Waals surface area contributed by atoms with E-state index in [1.807, 2.05) is 0 Å². The number of guanidine groups is 1. The number of imidazole rings is 2. The Hall–Kier alpha value is -8.47. The van der Waals surface area contributed by atoms with Crippen molar-refractivity contribution in [2.45, 2.75) is 100 Å². The van der Waals surface area contributed by atoms with Crippen LogP contribution in [-0.4, -0.2) is 175 Å². The molecule has 1 aliphatic rings. The average Bonchev–Trinajstić information content (AvgIpc) is 4.19. The molecule has 19 N–H and O–H groups in total. The van der Waals surface area contributed by atoms with E-state index in [0.717, 1.165) is 4.90 Å². The van der Waals surface area contributed by atoms with Gasteiger partial charge in [0.2, 0.25) is 53.2 Å². The minimum Gasteiger partial charge on any atom is -0.480 e. The van der Waals surface area contributed by atoms with Crippen LogP contribution in [0.15, 0.2) is 60.4 Å². The molecule has 9 amide bonds. The molecule has 73 heavy (non-hydrogen) atoms. The summed E-state index contributed by atoms with van der Waals surface area (Å²) in [5.41, 5.74) is 23.0. The van der Waals surface area contributed by atoms with Crippen molar-refractivity contribution in [2.24, 2.45) is 27.9 Å². The number of hydrogen-bond acceptors (Lipinski definition) is 15. The fourth-order valence-corrected chi connectivity index (χ4v) is 7.57. The summed E-state index contributed by atoms with van der Waals surface area (Å²) in [5.74, 6) is -9.24. The molecule has 1 saturated heterocycles. The fourth-order valence-electron chi connectivity index (χ4n) is 7.57. The standard InChI is InChI=1S/C44H63N17O12/c45-17-35(64)52-20-36(65)55-30(15-25-18-49-22-53-25)40(69)60-32(21-62)42(71)61-13-5-9-33(61)41(70)58-29(14-24-6-2-1-3-7-24)39(68)56-27(8-4-12-51-44(47)48)37(66)57-28(10-11-34(46)63)38(67)59-31(43(72)73)16-26-19-50-23-54-26/h1-3,6-7,18-19,22-23,27-33,62H,4-5,8-17,20-21,45H2,(H2,46,63)(H,49,53)(H,50,54)(H,52,64)(H,55,65)(H,56,68)(H,57,66)(H,58,70)(H,59,67)(H,60,69)(H,72,73)(H4,47,48,51)/t27-,28-,29-,30-,31-,32-,33-/m0/s1. The molecule has 2 aromatic heterocycles. The van der Waals surface area contributed by atoms with Crippen molar-refractivity contribution in [3.05, 3.63) is 72.3 Å². The molecule has 0 saturated carbocycles. The van der Waals surface area contributed by atoms with Crippen molar-refractivity contribution in [1.29, 1.82) is 0 Å². The lowest BCUT2D eigenvalue weighted by Crippen LogP contribution is -2.60. The van der Waals surface area contributed by atoms with E-state index in [-0.39, 0.29) is 70.5 Å². The monoisotopic (exact) mass is 1020 g/mol. The van der Waals surface area contributed by atoms with Crippen molar-refractivity contribution >= 4 is 65.1 Å². The highest BCUT2D eigenvalue weighted by molar-refractivity contribution is 5.98. The van der Waals surface area contributed by atoms with Gasteiger partial charge in [0.1, 0.15) is 42.3 Å². The van der Waals surface area contributed by atoms with Crippen molar-refractivity contribution in [3.8, 4) is 0 Å². The Morgan fingerprint density at radius 1 is 0.712 bits per heavy atom. The fraction of sp³-hybridized carbons (Fsp3) is 0.477. The zero-order valence-corrected chi connectivity index (χ0v) is 39.7. The number of nitrogens with one attached hydrogen (secondary N) is 9. The lowest BCUT2D eigenvalue weighted by molar-refractivity contribution is -0.143. The maximum atomic E-state index is 14.4. The van der Waals surface area contributed by atoms with Gasteiger partial charge < -0.3 is 85.2 Å². The zero-order valence-electron chi connectivity index (χ0n) is 39.7. The SMILES string of the molecule is NCC(=O)NCC(=O)N[C@@H](Cc1cnc[nH]1)C(=O)N[C@@H](CO)C(=O)N1CCC[C@H]1C(=O)N[C@@H](Cc1ccccc1)C(=O)N[C@@H](CCCN=C(N)N)C(=O)N[C@@H](CCC(N)=O)C(=O)N[C@@H](Cc1cnc[nH]1)C(=O)O. The number of carboxylic acid groups (broad SMARTS) is 1. The molecule has 3 heterocycles. The Bertz CT molecular complexity index is 2380. The molecule has 0 unspecified atom stereocenters. The number of aliphatic imine (C=N–C) groups is 1. The predicted molar refractivity (Wildman–Crippen MR) is 256 cm³/mol. The second kappa shape index (κ2) is 29.0. The van der Waals surface area contributed by atoms with Gasteiger partial charge in [0, 0.05) is 62.6 Å². The van der Waals surface area contributed by atoms with Crippen LogP contribution in [0.1, 0.15) is 55.5 Å². The number of carboxylic acids is 1. The second-order valence-corrected chi connectivity index (χ2v) is 16.8. The minimum absolute atomic E-state index is 0.000897. The van der Waals surface area contributed by atoms with E-state index in [9.17, 15) is 58.2 Å². The molecule has 0 aliphatic carbocycles. The van der Waals surface area contributed by atoms with Crippen LogP contribution in [0.3, 0.4) is 0 Å². The Labute approximate surface area is 417 Å². The molecule has 29 heteroatoms. The number of benzene rings is 1. The van der Waals surface area contributed by atoms with E-state index in [2.05, 4.69) is 62.1 Å². The Morgan fingerprint density at radius 2 is 1.27 bits per heavy atom. The van der Waals surface area contributed by atoms with Crippen LogP contribution in [0.2, 0.25) is 0 Å². The number of primary amides is 1. The van der Waals surface area contributed by atoms with Gasteiger partial charge in [0.05, 0.1) is 32.4 Å². The molecule has 29 nitrogen and oxygen atoms in total. The maximum Gasteiger partial charge on any atom is 0.326 e. The van der Waals surface area contributed by atoms with Crippen molar-refractivity contribution in [1.82, 2.24) is 62.1 Å². The topological polar surface area (TPSA) is 472 Å². The third-order valence-corrected chi connectivity index (χ3v) is 11.3. The molecule has 396 valence electrons. The Balaban J connectivity index is 1.55. The second-order valence-electron chi connectivity index (χ2n) is 16.8. The van der Waals surface area contributed by atoms with E-state index in [1.165, 1.54) is 25.0 Å². The molecule has 1 aromatic carbocycles. The van der Waals surface area contributed by atoms with Crippen LogP contribution in [0.5, 0.6) is 0 Å². The van der Waals surface area contributed by atoms with E-state index < -0.39 is 121 Å². The van der Waals surface area contributed by atoms with Crippen LogP contribution >= 0.6 is 0 Å². The molecule has 3 aromatic rings. The quantitative estimate of drug-likeness (QED) is 0.0168. The Kier molecular flexibility index (Phi) is 22.7. The van der Waals surface area contributed by atoms with Crippen LogP contribution in [0, 0.1) is 0 Å². The number of aliphatic carboxylic acids is 1. The van der Waals surface area contributed by atoms with Gasteiger partial charge in [-0.25, -0.2) is 14.8 Å². The van der Waals surface area contributed by atoms with Gasteiger partial charge in [0.15, 0.2) is 5.96 Å². The normalized spacial score (nSPS) is 15.4. The van der Waals surface area contributed by atoms with Crippen molar-refractivity contribution < 1.29 is 58.2 Å². The number of aliphatic hydroxyl groups excluding tert-OH is 1. The lowest BCUT2D eigenvalue weighted by Gasteiger charge is -2.30. The predicted octanol–water partition coefficient (Wildman–Crippen LogP) is -6.47. The summed E-state index contributed by atoms with van der Waals surface area (Å²) in [6, 6.07) is -1.58. The summed E-state index contributed by atoms with van der Waals surface area (Å²) in [5, 5.41) is 37.6. The van der Waals surface area contributed by atoms with Crippen LogP contribution in [-0.2, 0) is 67.2 Å². The summed E-state index contributed by atoms with van der Waals surface area (Å²) in [4.78, 5) is 151. The van der Waals surface area contributed by atoms with Crippen LogP contribution < -0.4 is 60.2 Å². The van der Waals surface area contributed by atoms with Gasteiger partial charge in [0.25, 0.3) is 0 Å². The highest BCUT2D eigenvalue weighted by Crippen LogP contribution is 2.20. The third-order valence-electron chi connectivity index (χ3n) is 11.3. The van der Waals surface area contributed by atoms with E-state index in [0.29, 0.717) is 23.4 Å². The molecule has 0 bridgehead atoms. The number of carbonyl (C=O) groups is 10. The molecule has 4 rings (SSSR count).